The molecule has 0 spiro atoms. The largest absolute Gasteiger partial charge is 0.507 e. The number of benzene rings is 2. The number of phenolic OH excluding ortho intramolecular Hbond substituents is 1. The summed E-state index contributed by atoms with van der Waals surface area (Å²) in [5.74, 6) is 0.163. The van der Waals surface area contributed by atoms with E-state index in [9.17, 15) is 9.90 Å². The van der Waals surface area contributed by atoms with Crippen molar-refractivity contribution < 1.29 is 9.52 Å². The molecule has 20 heavy (non-hydrogen) atoms. The van der Waals surface area contributed by atoms with E-state index >= 15 is 0 Å². The number of allylic oxidation sites excluding steroid dienone is 1. The highest BCUT2D eigenvalue weighted by Crippen LogP contribution is 2.31. The number of fused-ring (bicyclic) bond motifs is 2. The third-order valence-corrected chi connectivity index (χ3v) is 3.48. The van der Waals surface area contributed by atoms with Crippen LogP contribution in [-0.2, 0) is 6.42 Å². The van der Waals surface area contributed by atoms with Crippen LogP contribution in [0.15, 0.2) is 52.2 Å². The predicted molar refractivity (Wildman–Crippen MR) is 80.3 cm³/mol. The smallest absolute Gasteiger partial charge is 0.200 e. The summed E-state index contributed by atoms with van der Waals surface area (Å²) in [5, 5.41) is 11.2. The lowest BCUT2D eigenvalue weighted by atomic mass is 10.0. The minimum Gasteiger partial charge on any atom is -0.507 e. The second kappa shape index (κ2) is 4.53. The summed E-state index contributed by atoms with van der Waals surface area (Å²) in [7, 11) is 0. The van der Waals surface area contributed by atoms with E-state index in [2.05, 4.69) is 6.58 Å². The highest BCUT2D eigenvalue weighted by Gasteiger charge is 2.15. The van der Waals surface area contributed by atoms with E-state index in [-0.39, 0.29) is 11.2 Å². The molecule has 0 unspecified atom stereocenters. The highest BCUT2D eigenvalue weighted by atomic mass is 16.3. The van der Waals surface area contributed by atoms with E-state index in [0.29, 0.717) is 39.5 Å². The first-order chi connectivity index (χ1) is 9.63. The lowest BCUT2D eigenvalue weighted by Crippen LogP contribution is -2.04. The van der Waals surface area contributed by atoms with Gasteiger partial charge in [-0.2, -0.15) is 0 Å². The van der Waals surface area contributed by atoms with Crippen LogP contribution in [0.25, 0.3) is 21.9 Å². The minimum atomic E-state index is -0.0738. The molecule has 0 aliphatic carbocycles. The standard InChI is InChI=1S/C17H14O3/c1-3-6-12-15(18)10(2)9-13-16(19)11-7-4-5-8-14(11)20-17(12)13/h3-5,7-9,18H,1,6H2,2H3. The van der Waals surface area contributed by atoms with Crippen LogP contribution in [0, 0.1) is 6.92 Å². The molecule has 2 aromatic carbocycles. The van der Waals surface area contributed by atoms with E-state index in [0.717, 1.165) is 0 Å². The molecule has 3 aromatic rings. The van der Waals surface area contributed by atoms with Crippen molar-refractivity contribution in [2.24, 2.45) is 0 Å². The molecular formula is C17H14O3. The predicted octanol–water partition coefficient (Wildman–Crippen LogP) is 3.69. The molecule has 3 nitrogen and oxygen atoms in total. The molecule has 0 saturated carbocycles. The Hall–Kier alpha value is -2.55. The van der Waals surface area contributed by atoms with Crippen LogP contribution in [-0.4, -0.2) is 5.11 Å². The quantitative estimate of drug-likeness (QED) is 0.568. The van der Waals surface area contributed by atoms with Gasteiger partial charge in [-0.1, -0.05) is 18.2 Å². The van der Waals surface area contributed by atoms with E-state index in [1.165, 1.54) is 0 Å². The second-order valence-corrected chi connectivity index (χ2v) is 4.82. The normalized spacial score (nSPS) is 11.1. The van der Waals surface area contributed by atoms with Gasteiger partial charge in [0.25, 0.3) is 0 Å². The Morgan fingerprint density at radius 2 is 2.05 bits per heavy atom. The molecule has 0 fully saturated rings. The molecule has 1 heterocycles. The van der Waals surface area contributed by atoms with Crippen molar-refractivity contribution >= 4 is 21.9 Å². The SMILES string of the molecule is C=CCc1c(O)c(C)cc2c(=O)c3ccccc3oc12. The molecule has 0 amide bonds. The maximum absolute atomic E-state index is 12.5. The fourth-order valence-electron chi connectivity index (χ4n) is 2.48. The Labute approximate surface area is 115 Å². The fraction of sp³-hybridized carbons (Fsp3) is 0.118. The van der Waals surface area contributed by atoms with E-state index < -0.39 is 0 Å². The molecule has 0 aliphatic heterocycles. The van der Waals surface area contributed by atoms with Crippen molar-refractivity contribution in [3.63, 3.8) is 0 Å². The van der Waals surface area contributed by atoms with Gasteiger partial charge in [-0.3, -0.25) is 4.79 Å². The second-order valence-electron chi connectivity index (χ2n) is 4.82. The summed E-state index contributed by atoms with van der Waals surface area (Å²) in [4.78, 5) is 12.5. The number of para-hydroxylation sites is 1. The summed E-state index contributed by atoms with van der Waals surface area (Å²) in [6.07, 6.45) is 2.13. The van der Waals surface area contributed by atoms with Gasteiger partial charge in [0.05, 0.1) is 10.8 Å². The van der Waals surface area contributed by atoms with E-state index in [4.69, 9.17) is 4.42 Å². The van der Waals surface area contributed by atoms with Crippen molar-refractivity contribution in [3.05, 3.63) is 64.3 Å². The molecule has 0 aliphatic rings. The Morgan fingerprint density at radius 3 is 2.80 bits per heavy atom. The van der Waals surface area contributed by atoms with Crippen LogP contribution in [0.3, 0.4) is 0 Å². The van der Waals surface area contributed by atoms with Gasteiger partial charge in [0.15, 0.2) is 0 Å². The number of rotatable bonds is 2. The summed E-state index contributed by atoms with van der Waals surface area (Å²) in [6.45, 7) is 5.46. The van der Waals surface area contributed by atoms with Crippen molar-refractivity contribution in [2.75, 3.05) is 0 Å². The Kier molecular flexibility index (Phi) is 2.83. The molecule has 0 atom stereocenters. The number of hydrogen-bond acceptors (Lipinski definition) is 3. The molecule has 0 bridgehead atoms. The molecule has 0 saturated heterocycles. The molecular weight excluding hydrogens is 252 g/mol. The first kappa shape index (κ1) is 12.5. The summed E-state index contributed by atoms with van der Waals surface area (Å²) in [6, 6.07) is 8.80. The van der Waals surface area contributed by atoms with Gasteiger partial charge in [-0.25, -0.2) is 0 Å². The minimum absolute atomic E-state index is 0.0738. The average Bonchev–Trinajstić information content (AvgIpc) is 2.46. The van der Waals surface area contributed by atoms with Crippen LogP contribution in [0.1, 0.15) is 11.1 Å². The molecule has 3 heteroatoms. The van der Waals surface area contributed by atoms with Crippen molar-refractivity contribution in [1.82, 2.24) is 0 Å². The van der Waals surface area contributed by atoms with Crippen LogP contribution in [0.2, 0.25) is 0 Å². The number of aromatic hydroxyl groups is 1. The molecule has 1 aromatic heterocycles. The lowest BCUT2D eigenvalue weighted by Gasteiger charge is -2.10. The Bertz CT molecular complexity index is 888. The van der Waals surface area contributed by atoms with Gasteiger partial charge in [0, 0.05) is 5.56 Å². The van der Waals surface area contributed by atoms with Crippen LogP contribution in [0.5, 0.6) is 5.75 Å². The molecule has 0 radical (unpaired) electrons. The molecule has 1 N–H and O–H groups in total. The Morgan fingerprint density at radius 1 is 1.30 bits per heavy atom. The fourth-order valence-corrected chi connectivity index (χ4v) is 2.48. The van der Waals surface area contributed by atoms with Gasteiger partial charge >= 0.3 is 0 Å². The average molecular weight is 266 g/mol. The zero-order chi connectivity index (χ0) is 14.3. The zero-order valence-corrected chi connectivity index (χ0v) is 11.1. The first-order valence-corrected chi connectivity index (χ1v) is 6.41. The van der Waals surface area contributed by atoms with Gasteiger partial charge in [0.2, 0.25) is 5.43 Å². The van der Waals surface area contributed by atoms with Gasteiger partial charge < -0.3 is 9.52 Å². The summed E-state index contributed by atoms with van der Waals surface area (Å²) >= 11 is 0. The summed E-state index contributed by atoms with van der Waals surface area (Å²) in [5.41, 5.74) is 2.17. The van der Waals surface area contributed by atoms with E-state index in [1.807, 2.05) is 12.1 Å². The van der Waals surface area contributed by atoms with Crippen molar-refractivity contribution in [1.29, 1.82) is 0 Å². The third-order valence-electron chi connectivity index (χ3n) is 3.48. The van der Waals surface area contributed by atoms with Crippen molar-refractivity contribution in [2.45, 2.75) is 13.3 Å². The van der Waals surface area contributed by atoms with Gasteiger partial charge in [-0.15, -0.1) is 6.58 Å². The van der Waals surface area contributed by atoms with Crippen LogP contribution < -0.4 is 5.43 Å². The van der Waals surface area contributed by atoms with Gasteiger partial charge in [-0.05, 0) is 37.1 Å². The molecule has 100 valence electrons. The number of aryl methyl sites for hydroxylation is 1. The van der Waals surface area contributed by atoms with Crippen LogP contribution in [0.4, 0.5) is 0 Å². The zero-order valence-electron chi connectivity index (χ0n) is 11.1. The van der Waals surface area contributed by atoms with E-state index in [1.54, 1.807) is 31.2 Å². The maximum Gasteiger partial charge on any atom is 0.200 e. The lowest BCUT2D eigenvalue weighted by molar-refractivity contribution is 0.464. The third kappa shape index (κ3) is 1.71. The number of hydrogen-bond donors (Lipinski definition) is 1. The number of phenols is 1. The Balaban J connectivity index is 2.57. The highest BCUT2D eigenvalue weighted by molar-refractivity contribution is 5.92. The maximum atomic E-state index is 12.5. The molecule has 3 rings (SSSR count). The van der Waals surface area contributed by atoms with Gasteiger partial charge in [0.1, 0.15) is 16.9 Å². The first-order valence-electron chi connectivity index (χ1n) is 6.41. The summed E-state index contributed by atoms with van der Waals surface area (Å²) < 4.78 is 5.84. The van der Waals surface area contributed by atoms with Crippen molar-refractivity contribution in [3.8, 4) is 5.75 Å². The topological polar surface area (TPSA) is 50.4 Å². The van der Waals surface area contributed by atoms with Crippen LogP contribution >= 0.6 is 0 Å². The monoisotopic (exact) mass is 266 g/mol.